The van der Waals surface area contributed by atoms with Crippen LogP contribution in [0.25, 0.3) is 0 Å². The van der Waals surface area contributed by atoms with E-state index < -0.39 is 10.0 Å². The van der Waals surface area contributed by atoms with Crippen molar-refractivity contribution < 1.29 is 8.42 Å². The van der Waals surface area contributed by atoms with Gasteiger partial charge in [-0.2, -0.15) is 0 Å². The highest BCUT2D eigenvalue weighted by Gasteiger charge is 2.15. The topological polar surface area (TPSA) is 84.2 Å². The lowest BCUT2D eigenvalue weighted by atomic mass is 9.89. The minimum absolute atomic E-state index is 0.195. The molecule has 1 saturated carbocycles. The van der Waals surface area contributed by atoms with E-state index in [0.717, 1.165) is 12.2 Å². The highest BCUT2D eigenvalue weighted by Crippen LogP contribution is 2.26. The summed E-state index contributed by atoms with van der Waals surface area (Å²) in [4.78, 5) is 0.195. The summed E-state index contributed by atoms with van der Waals surface area (Å²) >= 11 is 0. The molecule has 20 heavy (non-hydrogen) atoms. The first-order valence-electron chi connectivity index (χ1n) is 7.10. The van der Waals surface area contributed by atoms with Crippen LogP contribution in [0.5, 0.6) is 0 Å². The molecule has 112 valence electrons. The standard InChI is InChI=1S/C14H23N3O2S/c1-16-20(18,19)12-7-8-14(13(15)9-12)17-10-11-5-3-2-4-6-11/h7-9,11,16-17H,2-6,10,15H2,1H3. The van der Waals surface area contributed by atoms with Gasteiger partial charge in [-0.05, 0) is 44.0 Å². The third-order valence-electron chi connectivity index (χ3n) is 3.91. The number of rotatable bonds is 5. The summed E-state index contributed by atoms with van der Waals surface area (Å²) in [5.74, 6) is 0.698. The molecule has 0 atom stereocenters. The molecule has 0 unspecified atom stereocenters. The Labute approximate surface area is 121 Å². The summed E-state index contributed by atoms with van der Waals surface area (Å²) in [7, 11) is -2.04. The van der Waals surface area contributed by atoms with Gasteiger partial charge in [-0.25, -0.2) is 13.1 Å². The smallest absolute Gasteiger partial charge is 0.240 e. The van der Waals surface area contributed by atoms with Crippen LogP contribution in [0, 0.1) is 5.92 Å². The number of nitrogens with one attached hydrogen (secondary N) is 2. The van der Waals surface area contributed by atoms with Crippen molar-refractivity contribution in [3.63, 3.8) is 0 Å². The van der Waals surface area contributed by atoms with Crippen molar-refractivity contribution in [3.8, 4) is 0 Å². The Kier molecular flexibility index (Phi) is 4.88. The van der Waals surface area contributed by atoms with Gasteiger partial charge in [-0.1, -0.05) is 19.3 Å². The maximum atomic E-state index is 11.7. The van der Waals surface area contributed by atoms with Gasteiger partial charge < -0.3 is 11.1 Å². The largest absolute Gasteiger partial charge is 0.397 e. The molecule has 4 N–H and O–H groups in total. The van der Waals surface area contributed by atoms with Crippen molar-refractivity contribution in [3.05, 3.63) is 18.2 Å². The molecule has 0 radical (unpaired) electrons. The van der Waals surface area contributed by atoms with Crippen molar-refractivity contribution >= 4 is 21.4 Å². The summed E-state index contributed by atoms with van der Waals surface area (Å²) in [6.45, 7) is 0.905. The van der Waals surface area contributed by atoms with Crippen LogP contribution in [-0.4, -0.2) is 22.0 Å². The summed E-state index contributed by atoms with van der Waals surface area (Å²) in [5, 5.41) is 3.34. The summed E-state index contributed by atoms with van der Waals surface area (Å²) in [6, 6.07) is 4.81. The number of nitrogens with two attached hydrogens (primary N) is 1. The summed E-state index contributed by atoms with van der Waals surface area (Å²) in [5.41, 5.74) is 7.21. The average molecular weight is 297 g/mol. The molecule has 1 aromatic rings. The van der Waals surface area contributed by atoms with Crippen molar-refractivity contribution in [2.75, 3.05) is 24.6 Å². The minimum atomic E-state index is -3.43. The highest BCUT2D eigenvalue weighted by atomic mass is 32.2. The van der Waals surface area contributed by atoms with Crippen molar-refractivity contribution in [2.45, 2.75) is 37.0 Å². The van der Waals surface area contributed by atoms with Crippen molar-refractivity contribution in [2.24, 2.45) is 5.92 Å². The lowest BCUT2D eigenvalue weighted by Crippen LogP contribution is -2.20. The third-order valence-corrected chi connectivity index (χ3v) is 5.32. The zero-order chi connectivity index (χ0) is 14.6. The number of benzene rings is 1. The Bertz CT molecular complexity index is 552. The van der Waals surface area contributed by atoms with Crippen molar-refractivity contribution in [1.82, 2.24) is 4.72 Å². The second-order valence-corrected chi connectivity index (χ2v) is 7.23. The van der Waals surface area contributed by atoms with Gasteiger partial charge in [0.2, 0.25) is 10.0 Å². The SMILES string of the molecule is CNS(=O)(=O)c1ccc(NCC2CCCCC2)c(N)c1. The van der Waals surface area contributed by atoms with Crippen LogP contribution in [-0.2, 0) is 10.0 Å². The average Bonchev–Trinajstić information content (AvgIpc) is 2.47. The molecule has 1 aliphatic rings. The van der Waals surface area contributed by atoms with E-state index in [1.807, 2.05) is 0 Å². The highest BCUT2D eigenvalue weighted by molar-refractivity contribution is 7.89. The van der Waals surface area contributed by atoms with E-state index >= 15 is 0 Å². The fourth-order valence-electron chi connectivity index (χ4n) is 2.63. The van der Waals surface area contributed by atoms with E-state index in [-0.39, 0.29) is 4.90 Å². The molecule has 0 amide bonds. The number of hydrogen-bond acceptors (Lipinski definition) is 4. The minimum Gasteiger partial charge on any atom is -0.397 e. The van der Waals surface area contributed by atoms with Crippen molar-refractivity contribution in [1.29, 1.82) is 0 Å². The first-order chi connectivity index (χ1) is 9.53. The fourth-order valence-corrected chi connectivity index (χ4v) is 3.40. The second-order valence-electron chi connectivity index (χ2n) is 5.34. The Morgan fingerprint density at radius 3 is 2.55 bits per heavy atom. The summed E-state index contributed by atoms with van der Waals surface area (Å²) in [6.07, 6.45) is 6.48. The predicted molar refractivity (Wildman–Crippen MR) is 82.2 cm³/mol. The van der Waals surface area contributed by atoms with Crippen LogP contribution in [0.3, 0.4) is 0 Å². The van der Waals surface area contributed by atoms with Crippen LogP contribution in [0.4, 0.5) is 11.4 Å². The quantitative estimate of drug-likeness (QED) is 0.727. The number of hydrogen-bond donors (Lipinski definition) is 3. The van der Waals surface area contributed by atoms with Gasteiger partial charge in [-0.3, -0.25) is 0 Å². The molecule has 0 aromatic heterocycles. The molecule has 1 fully saturated rings. The molecule has 0 heterocycles. The Balaban J connectivity index is 2.02. The monoisotopic (exact) mass is 297 g/mol. The number of nitrogen functional groups attached to an aromatic ring is 1. The van der Waals surface area contributed by atoms with E-state index in [2.05, 4.69) is 10.0 Å². The molecule has 0 saturated heterocycles. The maximum Gasteiger partial charge on any atom is 0.240 e. The lowest BCUT2D eigenvalue weighted by Gasteiger charge is -2.22. The van der Waals surface area contributed by atoms with E-state index in [9.17, 15) is 8.42 Å². The fraction of sp³-hybridized carbons (Fsp3) is 0.571. The molecule has 1 aliphatic carbocycles. The molecule has 2 rings (SSSR count). The molecule has 0 bridgehead atoms. The molecule has 1 aromatic carbocycles. The zero-order valence-corrected chi connectivity index (χ0v) is 12.7. The van der Waals surface area contributed by atoms with Crippen LogP contribution in [0.15, 0.2) is 23.1 Å². The third kappa shape index (κ3) is 3.64. The van der Waals surface area contributed by atoms with Gasteiger partial charge in [0.1, 0.15) is 0 Å². The van der Waals surface area contributed by atoms with Gasteiger partial charge >= 0.3 is 0 Å². The van der Waals surface area contributed by atoms with Crippen LogP contribution < -0.4 is 15.8 Å². The normalized spacial score (nSPS) is 17.1. The molecule has 0 spiro atoms. The molecular weight excluding hydrogens is 274 g/mol. The lowest BCUT2D eigenvalue weighted by molar-refractivity contribution is 0.373. The van der Waals surface area contributed by atoms with Gasteiger partial charge in [0.15, 0.2) is 0 Å². The van der Waals surface area contributed by atoms with E-state index in [4.69, 9.17) is 5.73 Å². The number of anilines is 2. The molecule has 0 aliphatic heterocycles. The van der Waals surface area contributed by atoms with Crippen LogP contribution in [0.1, 0.15) is 32.1 Å². The Morgan fingerprint density at radius 1 is 1.25 bits per heavy atom. The van der Waals surface area contributed by atoms with E-state index in [1.165, 1.54) is 45.2 Å². The summed E-state index contributed by atoms with van der Waals surface area (Å²) < 4.78 is 25.6. The van der Waals surface area contributed by atoms with Crippen LogP contribution >= 0.6 is 0 Å². The molecular formula is C14H23N3O2S. The first-order valence-corrected chi connectivity index (χ1v) is 8.58. The van der Waals surface area contributed by atoms with E-state index in [1.54, 1.807) is 12.1 Å². The zero-order valence-electron chi connectivity index (χ0n) is 11.9. The van der Waals surface area contributed by atoms with Gasteiger partial charge in [-0.15, -0.1) is 0 Å². The van der Waals surface area contributed by atoms with Gasteiger partial charge in [0, 0.05) is 6.54 Å². The van der Waals surface area contributed by atoms with Crippen LogP contribution in [0.2, 0.25) is 0 Å². The van der Waals surface area contributed by atoms with Gasteiger partial charge in [0.25, 0.3) is 0 Å². The Hall–Kier alpha value is -1.27. The first kappa shape index (κ1) is 15.1. The van der Waals surface area contributed by atoms with E-state index in [0.29, 0.717) is 11.6 Å². The van der Waals surface area contributed by atoms with Gasteiger partial charge in [0.05, 0.1) is 16.3 Å². The maximum absolute atomic E-state index is 11.7. The number of sulfonamides is 1. The second kappa shape index (κ2) is 6.45. The Morgan fingerprint density at radius 2 is 1.95 bits per heavy atom. The predicted octanol–water partition coefficient (Wildman–Crippen LogP) is 2.17. The molecule has 6 heteroatoms. The molecule has 5 nitrogen and oxygen atoms in total.